The van der Waals surface area contributed by atoms with Crippen LogP contribution in [-0.2, 0) is 28.0 Å². The lowest BCUT2D eigenvalue weighted by Gasteiger charge is -2.16. The van der Waals surface area contributed by atoms with Crippen LogP contribution in [-0.4, -0.2) is 48.6 Å². The Morgan fingerprint density at radius 3 is 2.06 bits per heavy atom. The van der Waals surface area contributed by atoms with E-state index >= 15 is 0 Å². The maximum Gasteiger partial charge on any atom is 0.472 e. The molecule has 0 aromatic heterocycles. The largest absolute Gasteiger partial charge is 0.472 e. The highest BCUT2D eigenvalue weighted by Gasteiger charge is 2.24. The molecule has 0 fully saturated rings. The van der Waals surface area contributed by atoms with Crippen molar-refractivity contribution in [1.29, 1.82) is 0 Å². The molecule has 0 saturated carbocycles. The Morgan fingerprint density at radius 1 is 0.909 bits per heavy atom. The van der Waals surface area contributed by atoms with E-state index in [1.54, 1.807) is 0 Å². The predicted molar refractivity (Wildman–Crippen MR) is 129 cm³/mol. The average molecular weight is 496 g/mol. The topological polar surface area (TPSA) is 138 Å². The molecule has 0 saturated heterocycles. The highest BCUT2D eigenvalue weighted by atomic mass is 31.2. The van der Waals surface area contributed by atoms with Gasteiger partial charge in [-0.15, -0.1) is 0 Å². The zero-order chi connectivity index (χ0) is 24.6. The van der Waals surface area contributed by atoms with Crippen molar-refractivity contribution < 1.29 is 38.2 Å². The number of nitrogens with two attached hydrogens (primary N) is 1. The molecule has 0 aliphatic carbocycles. The predicted octanol–water partition coefficient (Wildman–Crippen LogP) is 5.52. The lowest BCUT2D eigenvalue weighted by Crippen LogP contribution is -2.26. The van der Waals surface area contributed by atoms with E-state index in [1.807, 2.05) is 0 Å². The van der Waals surface area contributed by atoms with Crippen molar-refractivity contribution in [2.75, 3.05) is 26.4 Å². The molecule has 0 radical (unpaired) electrons. The van der Waals surface area contributed by atoms with Crippen LogP contribution < -0.4 is 5.73 Å². The summed E-state index contributed by atoms with van der Waals surface area (Å²) in [6.07, 6.45) is 19.1. The molecular weight excluding hydrogens is 449 g/mol. The summed E-state index contributed by atoms with van der Waals surface area (Å²) >= 11 is 0. The average Bonchev–Trinajstić information content (AvgIpc) is 2.80. The van der Waals surface area contributed by atoms with Gasteiger partial charge in [-0.05, 0) is 32.1 Å². The smallest absolute Gasteiger partial charge is 0.463 e. The van der Waals surface area contributed by atoms with Gasteiger partial charge in [-0.1, -0.05) is 70.4 Å². The number of esters is 1. The second-order valence-electron chi connectivity index (χ2n) is 8.13. The Labute approximate surface area is 199 Å². The van der Waals surface area contributed by atoms with Crippen molar-refractivity contribution in [3.8, 4) is 0 Å². The van der Waals surface area contributed by atoms with Gasteiger partial charge in [-0.3, -0.25) is 19.1 Å². The molecule has 0 aromatic rings. The van der Waals surface area contributed by atoms with Crippen molar-refractivity contribution in [2.24, 2.45) is 5.73 Å². The van der Waals surface area contributed by atoms with E-state index in [0.29, 0.717) is 0 Å². The first-order valence-electron chi connectivity index (χ1n) is 12.4. The fourth-order valence-corrected chi connectivity index (χ4v) is 3.86. The summed E-state index contributed by atoms with van der Waals surface area (Å²) in [6, 6.07) is 0. The molecular formula is C23H46NO8P. The highest BCUT2D eigenvalue weighted by molar-refractivity contribution is 7.47. The molecule has 33 heavy (non-hydrogen) atoms. The zero-order valence-corrected chi connectivity index (χ0v) is 21.2. The molecule has 10 heteroatoms. The number of carbonyl (C=O) groups excluding carboxylic acids is 1. The first-order valence-corrected chi connectivity index (χ1v) is 13.9. The van der Waals surface area contributed by atoms with E-state index in [9.17, 15) is 14.3 Å². The first-order chi connectivity index (χ1) is 15.9. The van der Waals surface area contributed by atoms with Crippen LogP contribution in [0.2, 0.25) is 0 Å². The standard InChI is InChI=1S/C23H46NO8P/c1-2-3-4-5-6-7-8-9-10-11-12-13-14-15-16-17-23(25)29-20-22(32-26)21-31-33(27,28)30-19-18-24/h9-10,22,26H,2-8,11-21,24H2,1H3,(H,27,28)/b10-9-. The lowest BCUT2D eigenvalue weighted by molar-refractivity contribution is -0.290. The summed E-state index contributed by atoms with van der Waals surface area (Å²) in [5, 5.41) is 8.82. The van der Waals surface area contributed by atoms with E-state index in [4.69, 9.17) is 15.7 Å². The maximum absolute atomic E-state index is 11.8. The van der Waals surface area contributed by atoms with Gasteiger partial charge in [-0.25, -0.2) is 9.45 Å². The number of ether oxygens (including phenoxy) is 1. The minimum atomic E-state index is -4.29. The summed E-state index contributed by atoms with van der Waals surface area (Å²) < 4.78 is 25.7. The lowest BCUT2D eigenvalue weighted by atomic mass is 10.1. The molecule has 2 atom stereocenters. The van der Waals surface area contributed by atoms with Crippen LogP contribution in [0.4, 0.5) is 0 Å². The maximum atomic E-state index is 11.8. The van der Waals surface area contributed by atoms with Gasteiger partial charge in [0.1, 0.15) is 6.61 Å². The van der Waals surface area contributed by atoms with E-state index in [2.05, 4.69) is 33.0 Å². The first kappa shape index (κ1) is 32.2. The quantitative estimate of drug-likeness (QED) is 0.0395. The van der Waals surface area contributed by atoms with Crippen LogP contribution in [0.15, 0.2) is 12.2 Å². The Balaban J connectivity index is 3.60. The second-order valence-corrected chi connectivity index (χ2v) is 9.58. The van der Waals surface area contributed by atoms with Gasteiger partial charge in [0.25, 0.3) is 0 Å². The molecule has 196 valence electrons. The van der Waals surface area contributed by atoms with E-state index < -0.39 is 26.5 Å². The number of phosphoric acid groups is 1. The third kappa shape index (κ3) is 22.7. The van der Waals surface area contributed by atoms with Crippen molar-refractivity contribution in [3.63, 3.8) is 0 Å². The minimum Gasteiger partial charge on any atom is -0.463 e. The van der Waals surface area contributed by atoms with Gasteiger partial charge in [0, 0.05) is 13.0 Å². The summed E-state index contributed by atoms with van der Waals surface area (Å²) in [5.41, 5.74) is 5.18. The number of rotatable bonds is 24. The van der Waals surface area contributed by atoms with Crippen LogP contribution in [0.3, 0.4) is 0 Å². The summed E-state index contributed by atoms with van der Waals surface area (Å²) in [6.45, 7) is 1.38. The molecule has 0 aromatic carbocycles. The molecule has 0 amide bonds. The van der Waals surface area contributed by atoms with E-state index in [-0.39, 0.29) is 26.2 Å². The van der Waals surface area contributed by atoms with Crippen LogP contribution in [0, 0.1) is 0 Å². The van der Waals surface area contributed by atoms with Gasteiger partial charge in [0.2, 0.25) is 0 Å². The fourth-order valence-electron chi connectivity index (χ4n) is 3.09. The van der Waals surface area contributed by atoms with Gasteiger partial charge in [0.05, 0.1) is 13.2 Å². The van der Waals surface area contributed by atoms with Crippen LogP contribution in [0.1, 0.15) is 96.8 Å². The Morgan fingerprint density at radius 2 is 1.48 bits per heavy atom. The molecule has 0 spiro atoms. The number of hydrogen-bond donors (Lipinski definition) is 3. The van der Waals surface area contributed by atoms with Crippen LogP contribution in [0.25, 0.3) is 0 Å². The van der Waals surface area contributed by atoms with Crippen molar-refractivity contribution in [1.82, 2.24) is 0 Å². The van der Waals surface area contributed by atoms with Crippen molar-refractivity contribution in [2.45, 2.75) is 103 Å². The summed E-state index contributed by atoms with van der Waals surface area (Å²) in [4.78, 5) is 25.3. The molecule has 4 N–H and O–H groups in total. The number of carbonyl (C=O) groups is 1. The molecule has 0 heterocycles. The molecule has 0 bridgehead atoms. The summed E-state index contributed by atoms with van der Waals surface area (Å²) in [5.74, 6) is -0.416. The minimum absolute atomic E-state index is 0.0573. The highest BCUT2D eigenvalue weighted by Crippen LogP contribution is 2.42. The number of hydrogen-bond acceptors (Lipinski definition) is 8. The van der Waals surface area contributed by atoms with Crippen LogP contribution >= 0.6 is 7.82 Å². The third-order valence-corrected chi connectivity index (χ3v) is 6.00. The normalized spacial score (nSPS) is 14.4. The fraction of sp³-hybridized carbons (Fsp3) is 0.870. The second kappa shape index (κ2) is 23.0. The molecule has 0 aliphatic rings. The SMILES string of the molecule is CCCCCCCC/C=C\CCCCCCCC(=O)OCC(COP(=O)(O)OCCN)OO. The van der Waals surface area contributed by atoms with Gasteiger partial charge in [0.15, 0.2) is 6.10 Å². The van der Waals surface area contributed by atoms with Crippen molar-refractivity contribution in [3.05, 3.63) is 12.2 Å². The Bertz CT molecular complexity index is 533. The van der Waals surface area contributed by atoms with Crippen LogP contribution in [0.5, 0.6) is 0 Å². The van der Waals surface area contributed by atoms with E-state index in [1.165, 1.54) is 44.9 Å². The number of unbranched alkanes of at least 4 members (excludes halogenated alkanes) is 11. The molecule has 2 unspecified atom stereocenters. The third-order valence-electron chi connectivity index (χ3n) is 5.02. The van der Waals surface area contributed by atoms with Gasteiger partial charge < -0.3 is 15.4 Å². The number of allylic oxidation sites excluding steroid dienone is 2. The zero-order valence-electron chi connectivity index (χ0n) is 20.3. The number of phosphoric ester groups is 1. The van der Waals surface area contributed by atoms with Crippen molar-refractivity contribution >= 4 is 13.8 Å². The Hall–Kier alpha value is -0.800. The van der Waals surface area contributed by atoms with Gasteiger partial charge >= 0.3 is 13.8 Å². The van der Waals surface area contributed by atoms with E-state index in [0.717, 1.165) is 38.5 Å². The molecule has 0 rings (SSSR count). The van der Waals surface area contributed by atoms with Gasteiger partial charge in [-0.2, -0.15) is 0 Å². The monoisotopic (exact) mass is 495 g/mol. The molecule has 9 nitrogen and oxygen atoms in total. The Kier molecular flexibility index (Phi) is 22.4. The molecule has 0 aliphatic heterocycles. The summed E-state index contributed by atoms with van der Waals surface area (Å²) in [7, 11) is -4.29.